The molecule has 4 aromatic carbocycles. The van der Waals surface area contributed by atoms with E-state index >= 15 is 0 Å². The number of aryl methyl sites for hydroxylation is 1. The highest BCUT2D eigenvalue weighted by Crippen LogP contribution is 2.52. The van der Waals surface area contributed by atoms with E-state index in [1.165, 1.54) is 84.4 Å². The van der Waals surface area contributed by atoms with Crippen LogP contribution in [0.3, 0.4) is 0 Å². The lowest BCUT2D eigenvalue weighted by molar-refractivity contribution is 0.554. The molecule has 1 aromatic heterocycles. The zero-order valence-corrected chi connectivity index (χ0v) is 31.6. The summed E-state index contributed by atoms with van der Waals surface area (Å²) in [7, 11) is -0.448. The summed E-state index contributed by atoms with van der Waals surface area (Å²) in [6.07, 6.45) is 5.14. The molecule has 0 saturated carbocycles. The second-order valence-corrected chi connectivity index (χ2v) is 18.7. The summed E-state index contributed by atoms with van der Waals surface area (Å²) < 4.78 is 6.26. The molecule has 0 spiro atoms. The Kier molecular flexibility index (Phi) is 8.74. The number of benzene rings is 4. The Labute approximate surface area is 295 Å². The van der Waals surface area contributed by atoms with Crippen molar-refractivity contribution in [2.24, 2.45) is 0 Å². The van der Waals surface area contributed by atoms with Crippen LogP contribution in [0.15, 0.2) is 108 Å². The minimum atomic E-state index is -0.448. The maximum atomic E-state index is 6.26. The second kappa shape index (κ2) is 12.9. The first-order valence-corrected chi connectivity index (χ1v) is 20.1. The van der Waals surface area contributed by atoms with E-state index in [0.717, 1.165) is 12.2 Å². The van der Waals surface area contributed by atoms with Crippen LogP contribution in [0, 0.1) is 6.92 Å². The zero-order chi connectivity index (χ0) is 34.5. The van der Waals surface area contributed by atoms with E-state index in [9.17, 15) is 0 Å². The van der Waals surface area contributed by atoms with Crippen molar-refractivity contribution in [3.63, 3.8) is 0 Å². The molecule has 2 aliphatic carbocycles. The van der Waals surface area contributed by atoms with E-state index in [0.29, 0.717) is 0 Å². The summed E-state index contributed by atoms with van der Waals surface area (Å²) in [5.41, 5.74) is 20.2. The molecule has 2 aliphatic rings. The van der Waals surface area contributed by atoms with Crippen molar-refractivity contribution in [3.05, 3.63) is 165 Å². The Morgan fingerprint density at radius 3 is 2.16 bits per heavy atom. The number of furan rings is 1. The van der Waals surface area contributed by atoms with Crippen molar-refractivity contribution < 1.29 is 4.42 Å². The maximum absolute atomic E-state index is 6.26. The quantitative estimate of drug-likeness (QED) is 0.151. The van der Waals surface area contributed by atoms with E-state index in [1.807, 2.05) is 12.3 Å². The number of hydrogen-bond acceptors (Lipinski definition) is 1. The van der Waals surface area contributed by atoms with Crippen LogP contribution in [0.25, 0.3) is 22.8 Å². The predicted molar refractivity (Wildman–Crippen MR) is 213 cm³/mol. The van der Waals surface area contributed by atoms with Gasteiger partial charge >= 0.3 is 0 Å². The van der Waals surface area contributed by atoms with Gasteiger partial charge in [-0.3, -0.25) is 0 Å². The van der Waals surface area contributed by atoms with Gasteiger partial charge in [0.15, 0.2) is 0 Å². The number of fused-ring (bicyclic) bond motifs is 2. The molecule has 1 atom stereocenters. The van der Waals surface area contributed by atoms with Crippen molar-refractivity contribution in [2.75, 3.05) is 0 Å². The van der Waals surface area contributed by atoms with Crippen LogP contribution >= 0.6 is 0 Å². The minimum Gasteiger partial charge on any atom is -0.464 e. The molecule has 0 N–H and O–H groups in total. The van der Waals surface area contributed by atoms with Crippen molar-refractivity contribution in [3.8, 4) is 0 Å². The van der Waals surface area contributed by atoms with Crippen molar-refractivity contribution in [1.82, 2.24) is 0 Å². The molecule has 1 nitrogen and oxygen atoms in total. The smallest absolute Gasteiger partial charge is 0.134 e. The molecule has 49 heavy (non-hydrogen) atoms. The fourth-order valence-electron chi connectivity index (χ4n) is 8.18. The average molecular weight is 659 g/mol. The largest absolute Gasteiger partial charge is 0.464 e. The highest BCUT2D eigenvalue weighted by molar-refractivity contribution is 6.66. The molecule has 5 aromatic rings. The van der Waals surface area contributed by atoms with Crippen LogP contribution < -0.4 is 0 Å². The third-order valence-electron chi connectivity index (χ3n) is 11.0. The van der Waals surface area contributed by atoms with Crippen LogP contribution in [0.1, 0.15) is 116 Å². The van der Waals surface area contributed by atoms with Gasteiger partial charge in [0.25, 0.3) is 0 Å². The van der Waals surface area contributed by atoms with Crippen LogP contribution in [0.5, 0.6) is 0 Å². The third kappa shape index (κ3) is 6.10. The summed E-state index contributed by atoms with van der Waals surface area (Å²) in [6.45, 7) is 18.6. The lowest BCUT2D eigenvalue weighted by Crippen LogP contribution is -2.24. The Balaban J connectivity index is 1.38. The third-order valence-corrected chi connectivity index (χ3v) is 13.9. The molecule has 0 aliphatic heterocycles. The first-order valence-electron chi connectivity index (χ1n) is 18.1. The normalized spacial score (nSPS) is 15.7. The van der Waals surface area contributed by atoms with Crippen molar-refractivity contribution in [2.45, 2.75) is 90.6 Å². The molecule has 1 unspecified atom stereocenters. The molecule has 0 fully saturated rings. The molecule has 0 bridgehead atoms. The van der Waals surface area contributed by atoms with Gasteiger partial charge in [0.1, 0.15) is 5.76 Å². The molecule has 0 amide bonds. The molecule has 7 rings (SSSR count). The van der Waals surface area contributed by atoms with Crippen LogP contribution in [-0.2, 0) is 17.3 Å². The number of rotatable bonds is 8. The average Bonchev–Trinajstić information content (AvgIpc) is 3.84. The first kappa shape index (κ1) is 33.2. The van der Waals surface area contributed by atoms with Gasteiger partial charge < -0.3 is 4.42 Å². The fraction of sp³-hybridized carbons (Fsp3) is 0.298. The van der Waals surface area contributed by atoms with E-state index in [4.69, 9.17) is 4.42 Å². The van der Waals surface area contributed by atoms with Crippen molar-refractivity contribution in [1.29, 1.82) is 0 Å². The van der Waals surface area contributed by atoms with Crippen LogP contribution in [0.4, 0.5) is 0 Å². The Morgan fingerprint density at radius 2 is 1.49 bits per heavy atom. The second-order valence-electron chi connectivity index (χ2n) is 15.6. The van der Waals surface area contributed by atoms with Gasteiger partial charge in [-0.05, 0) is 116 Å². The molecule has 1 heterocycles. The Bertz CT molecular complexity index is 2100. The van der Waals surface area contributed by atoms with Gasteiger partial charge in [-0.2, -0.15) is 0 Å². The molecular weight excluding hydrogens is 609 g/mol. The Hall–Kier alpha value is -4.27. The molecule has 2 heteroatoms. The summed E-state index contributed by atoms with van der Waals surface area (Å²) in [4.78, 5) is 0. The van der Waals surface area contributed by atoms with Gasteiger partial charge in [0.05, 0.1) is 6.26 Å². The summed E-state index contributed by atoms with van der Waals surface area (Å²) >= 11 is 0. The van der Waals surface area contributed by atoms with Gasteiger partial charge in [0.2, 0.25) is 0 Å². The number of allylic oxidation sites excluding steroid dienone is 2. The SMILES string of the molecule is CC[Si](=CC(C)(C)c1ccc(C2=C(c3ccco3)c3c(cccc3C3C(c4ccc(C(C)(C)C)cc4C)=Cc4ccccc43)C2)cc1)CC. The van der Waals surface area contributed by atoms with E-state index in [-0.39, 0.29) is 16.7 Å². The molecule has 0 radical (unpaired) electrons. The van der Waals surface area contributed by atoms with Gasteiger partial charge in [-0.25, -0.2) is 0 Å². The topological polar surface area (TPSA) is 13.1 Å². The molecule has 0 saturated heterocycles. The first-order chi connectivity index (χ1) is 23.5. The standard InChI is InChI=1S/C47H50OSi/c1-9-49(10-2)30-47(7,8)35-22-20-32(21-23-35)40-29-34-16-13-18-39(43(34)45(40)42-19-14-26-48-42)44-38-17-12-11-15-33(38)28-41(44)37-25-24-36(27-31(37)3)46(4,5)6/h11-28,30,44H,9-10,29H2,1-8H3. The molecular formula is C47H50OSi. The van der Waals surface area contributed by atoms with E-state index < -0.39 is 8.41 Å². The predicted octanol–water partition coefficient (Wildman–Crippen LogP) is 12.3. The summed E-state index contributed by atoms with van der Waals surface area (Å²) in [6, 6.07) is 39.2. The fourth-order valence-corrected chi connectivity index (χ4v) is 10.3. The Morgan fingerprint density at radius 1 is 0.776 bits per heavy atom. The molecule has 248 valence electrons. The zero-order valence-electron chi connectivity index (χ0n) is 30.6. The highest BCUT2D eigenvalue weighted by atomic mass is 28.2. The van der Waals surface area contributed by atoms with E-state index in [2.05, 4.69) is 158 Å². The summed E-state index contributed by atoms with van der Waals surface area (Å²) in [5.74, 6) is 1.07. The number of hydrogen-bond donors (Lipinski definition) is 0. The maximum Gasteiger partial charge on any atom is 0.134 e. The lowest BCUT2D eigenvalue weighted by Gasteiger charge is -2.25. The minimum absolute atomic E-state index is 0.0602. The lowest BCUT2D eigenvalue weighted by atomic mass is 9.78. The van der Waals surface area contributed by atoms with Crippen LogP contribution in [0.2, 0.25) is 12.1 Å². The summed E-state index contributed by atoms with van der Waals surface area (Å²) in [5, 5.41) is 0. The van der Waals surface area contributed by atoms with Gasteiger partial charge in [-0.1, -0.05) is 139 Å². The van der Waals surface area contributed by atoms with Gasteiger partial charge in [-0.15, -0.1) is 0 Å². The van der Waals surface area contributed by atoms with Crippen LogP contribution in [-0.4, -0.2) is 14.1 Å². The van der Waals surface area contributed by atoms with Crippen molar-refractivity contribution >= 4 is 36.9 Å². The van der Waals surface area contributed by atoms with Gasteiger partial charge in [0, 0.05) is 25.3 Å². The van der Waals surface area contributed by atoms with E-state index in [1.54, 1.807) is 0 Å². The monoisotopic (exact) mass is 658 g/mol. The highest BCUT2D eigenvalue weighted by Gasteiger charge is 2.35.